The number of hydrogen-bond acceptors (Lipinski definition) is 5. The highest BCUT2D eigenvalue weighted by Gasteiger charge is 2.22. The van der Waals surface area contributed by atoms with Crippen LogP contribution in [0.4, 0.5) is 5.82 Å². The molecule has 0 unspecified atom stereocenters. The molecule has 92 valence electrons. The van der Waals surface area contributed by atoms with E-state index in [-0.39, 0.29) is 4.47 Å². The van der Waals surface area contributed by atoms with Gasteiger partial charge in [0.15, 0.2) is 0 Å². The Labute approximate surface area is 111 Å². The summed E-state index contributed by atoms with van der Waals surface area (Å²) in [4.78, 5) is 18.1. The zero-order chi connectivity index (χ0) is 13.3. The molecule has 6 nitrogen and oxygen atoms in total. The maximum Gasteiger partial charge on any atom is 0.407 e. The lowest BCUT2D eigenvalue weighted by atomic mass is 10.2. The van der Waals surface area contributed by atoms with Gasteiger partial charge in [-0.15, -0.1) is 0 Å². The van der Waals surface area contributed by atoms with Crippen LogP contribution in [0.25, 0.3) is 11.4 Å². The lowest BCUT2D eigenvalue weighted by molar-refractivity contribution is -0.390. The van der Waals surface area contributed by atoms with Gasteiger partial charge in [0.2, 0.25) is 11.4 Å². The first-order valence-electron chi connectivity index (χ1n) is 4.97. The van der Waals surface area contributed by atoms with E-state index in [0.717, 1.165) is 5.69 Å². The predicted molar refractivity (Wildman–Crippen MR) is 68.2 cm³/mol. The van der Waals surface area contributed by atoms with E-state index in [1.54, 1.807) is 12.1 Å². The van der Waals surface area contributed by atoms with E-state index in [2.05, 4.69) is 25.9 Å². The molecule has 2 aromatic heterocycles. The summed E-state index contributed by atoms with van der Waals surface area (Å²) in [6, 6.07) is 6.78. The van der Waals surface area contributed by atoms with E-state index in [1.165, 1.54) is 6.07 Å². The molecule has 7 heteroatoms. The number of aromatic hydroxyl groups is 1. The first-order chi connectivity index (χ1) is 8.49. The van der Waals surface area contributed by atoms with Crippen LogP contribution in [0.2, 0.25) is 0 Å². The van der Waals surface area contributed by atoms with Crippen LogP contribution in [0, 0.1) is 17.0 Å². The minimum absolute atomic E-state index is 0.211. The normalized spacial score (nSPS) is 10.3. The molecular formula is C11H8BrN3O3. The second-order valence-electron chi connectivity index (χ2n) is 3.58. The van der Waals surface area contributed by atoms with E-state index >= 15 is 0 Å². The smallest absolute Gasteiger partial charge is 0.407 e. The van der Waals surface area contributed by atoms with Crippen LogP contribution >= 0.6 is 15.9 Å². The first-order valence-corrected chi connectivity index (χ1v) is 5.76. The third-order valence-corrected chi connectivity index (χ3v) is 2.86. The molecule has 0 saturated carbocycles. The van der Waals surface area contributed by atoms with Crippen molar-refractivity contribution in [2.24, 2.45) is 0 Å². The Morgan fingerprint density at radius 3 is 2.67 bits per heavy atom. The van der Waals surface area contributed by atoms with Crippen LogP contribution in [0.15, 0.2) is 28.7 Å². The van der Waals surface area contributed by atoms with Gasteiger partial charge in [-0.1, -0.05) is 6.07 Å². The van der Waals surface area contributed by atoms with Crippen LogP contribution in [-0.2, 0) is 0 Å². The Kier molecular flexibility index (Phi) is 3.24. The van der Waals surface area contributed by atoms with Gasteiger partial charge in [0.25, 0.3) is 0 Å². The minimum Gasteiger partial charge on any atom is -0.500 e. The number of nitrogens with zero attached hydrogens (tertiary/aromatic N) is 3. The van der Waals surface area contributed by atoms with Crippen LogP contribution in [0.5, 0.6) is 5.75 Å². The van der Waals surface area contributed by atoms with Crippen molar-refractivity contribution in [2.45, 2.75) is 6.92 Å². The molecule has 0 spiro atoms. The van der Waals surface area contributed by atoms with E-state index in [0.29, 0.717) is 11.4 Å². The highest BCUT2D eigenvalue weighted by Crippen LogP contribution is 2.34. The molecule has 0 radical (unpaired) electrons. The van der Waals surface area contributed by atoms with Gasteiger partial charge in [-0.3, -0.25) is 0 Å². The standard InChI is InChI=1S/C11H8BrN3O3/c1-6-3-2-4-8(13-6)9-5-7(12)10(16)11(14-9)15(17)18/h2-5,16H,1H3. The summed E-state index contributed by atoms with van der Waals surface area (Å²) in [6.07, 6.45) is 0. The van der Waals surface area contributed by atoms with Crippen molar-refractivity contribution in [2.75, 3.05) is 0 Å². The van der Waals surface area contributed by atoms with Crippen molar-refractivity contribution in [3.8, 4) is 17.1 Å². The Hall–Kier alpha value is -2.02. The average molecular weight is 310 g/mol. The van der Waals surface area contributed by atoms with Gasteiger partial charge in [-0.05, 0) is 44.9 Å². The van der Waals surface area contributed by atoms with E-state index in [9.17, 15) is 15.2 Å². The molecule has 0 aliphatic rings. The third-order valence-electron chi connectivity index (χ3n) is 2.25. The largest absolute Gasteiger partial charge is 0.500 e. The van der Waals surface area contributed by atoms with Crippen LogP contribution in [0.1, 0.15) is 5.69 Å². The van der Waals surface area contributed by atoms with Crippen molar-refractivity contribution < 1.29 is 10.0 Å². The summed E-state index contributed by atoms with van der Waals surface area (Å²) >= 11 is 3.06. The molecule has 2 heterocycles. The van der Waals surface area contributed by atoms with Crippen molar-refractivity contribution in [1.29, 1.82) is 0 Å². The number of nitro groups is 1. The molecule has 18 heavy (non-hydrogen) atoms. The number of halogens is 1. The zero-order valence-corrected chi connectivity index (χ0v) is 10.9. The van der Waals surface area contributed by atoms with Crippen LogP contribution < -0.4 is 0 Å². The number of hydrogen-bond donors (Lipinski definition) is 1. The molecule has 0 atom stereocenters. The summed E-state index contributed by atoms with van der Waals surface area (Å²) in [5.41, 5.74) is 1.62. The molecular weight excluding hydrogens is 302 g/mol. The van der Waals surface area contributed by atoms with Crippen molar-refractivity contribution in [3.05, 3.63) is 44.5 Å². The second-order valence-corrected chi connectivity index (χ2v) is 4.44. The van der Waals surface area contributed by atoms with E-state index in [4.69, 9.17) is 0 Å². The Balaban J connectivity index is 2.63. The topological polar surface area (TPSA) is 89.2 Å². The quantitative estimate of drug-likeness (QED) is 0.680. The molecule has 0 aliphatic heterocycles. The molecule has 2 rings (SSSR count). The highest BCUT2D eigenvalue weighted by atomic mass is 79.9. The Morgan fingerprint density at radius 2 is 2.06 bits per heavy atom. The molecule has 2 aromatic rings. The molecule has 0 fully saturated rings. The summed E-state index contributed by atoms with van der Waals surface area (Å²) in [5.74, 6) is -1.08. The predicted octanol–water partition coefficient (Wildman–Crippen LogP) is 2.83. The molecule has 0 saturated heterocycles. The summed E-state index contributed by atoms with van der Waals surface area (Å²) in [7, 11) is 0. The van der Waals surface area contributed by atoms with Gasteiger partial charge in [0, 0.05) is 11.8 Å². The van der Waals surface area contributed by atoms with Crippen molar-refractivity contribution >= 4 is 21.7 Å². The average Bonchev–Trinajstić information content (AvgIpc) is 2.32. The lowest BCUT2D eigenvalue weighted by Gasteiger charge is -2.02. The van der Waals surface area contributed by atoms with E-state index < -0.39 is 16.5 Å². The number of aryl methyl sites for hydroxylation is 1. The first kappa shape index (κ1) is 12.4. The summed E-state index contributed by atoms with van der Waals surface area (Å²) in [6.45, 7) is 1.81. The van der Waals surface area contributed by atoms with Gasteiger partial charge in [0.05, 0.1) is 4.47 Å². The van der Waals surface area contributed by atoms with Gasteiger partial charge < -0.3 is 15.2 Å². The van der Waals surface area contributed by atoms with Crippen molar-refractivity contribution in [3.63, 3.8) is 0 Å². The second kappa shape index (κ2) is 4.69. The number of pyridine rings is 2. The fourth-order valence-corrected chi connectivity index (χ4v) is 1.83. The summed E-state index contributed by atoms with van der Waals surface area (Å²) < 4.78 is 0.211. The molecule has 0 bridgehead atoms. The Bertz CT molecular complexity index is 631. The lowest BCUT2D eigenvalue weighted by Crippen LogP contribution is -1.97. The molecule has 0 aliphatic carbocycles. The fraction of sp³-hybridized carbons (Fsp3) is 0.0909. The Morgan fingerprint density at radius 1 is 1.33 bits per heavy atom. The molecule has 0 amide bonds. The molecule has 1 N–H and O–H groups in total. The maximum atomic E-state index is 10.8. The highest BCUT2D eigenvalue weighted by molar-refractivity contribution is 9.10. The fourth-order valence-electron chi connectivity index (χ4n) is 1.44. The molecule has 0 aromatic carbocycles. The number of rotatable bonds is 2. The van der Waals surface area contributed by atoms with E-state index in [1.807, 2.05) is 13.0 Å². The zero-order valence-electron chi connectivity index (χ0n) is 9.29. The number of aromatic nitrogens is 2. The SMILES string of the molecule is Cc1cccc(-c2cc(Br)c(O)c([N+](=O)[O-])n2)n1. The van der Waals surface area contributed by atoms with Gasteiger partial charge in [-0.2, -0.15) is 0 Å². The van der Waals surface area contributed by atoms with Crippen LogP contribution in [0.3, 0.4) is 0 Å². The maximum absolute atomic E-state index is 10.8. The minimum atomic E-state index is -0.737. The van der Waals surface area contributed by atoms with Crippen molar-refractivity contribution in [1.82, 2.24) is 9.97 Å². The van der Waals surface area contributed by atoms with Gasteiger partial charge >= 0.3 is 5.82 Å². The van der Waals surface area contributed by atoms with Crippen LogP contribution in [-0.4, -0.2) is 20.0 Å². The summed E-state index contributed by atoms with van der Waals surface area (Å²) in [5, 5.41) is 20.3. The third kappa shape index (κ3) is 2.30. The van der Waals surface area contributed by atoms with Gasteiger partial charge in [0.1, 0.15) is 5.69 Å². The van der Waals surface area contributed by atoms with Gasteiger partial charge in [-0.25, -0.2) is 4.98 Å². The monoisotopic (exact) mass is 309 g/mol.